The van der Waals surface area contributed by atoms with E-state index in [0.29, 0.717) is 23.1 Å². The summed E-state index contributed by atoms with van der Waals surface area (Å²) in [6.45, 7) is 4.91. The van der Waals surface area contributed by atoms with Gasteiger partial charge in [-0.1, -0.05) is 31.0 Å². The van der Waals surface area contributed by atoms with Gasteiger partial charge in [-0.25, -0.2) is 9.38 Å². The van der Waals surface area contributed by atoms with E-state index < -0.39 is 0 Å². The van der Waals surface area contributed by atoms with Crippen LogP contribution in [0.15, 0.2) is 52.3 Å². The summed E-state index contributed by atoms with van der Waals surface area (Å²) in [5, 5.41) is 3.29. The molecule has 1 amide bonds. The molecule has 5 heteroatoms. The summed E-state index contributed by atoms with van der Waals surface area (Å²) in [6.07, 6.45) is 12.8. The lowest BCUT2D eigenvalue weighted by molar-refractivity contribution is -0.125. The number of aliphatic imine (C=N–C) groups is 1. The third-order valence-corrected chi connectivity index (χ3v) is 7.78. The Kier molecular flexibility index (Phi) is 6.46. The number of hydrogen-bond donors (Lipinski definition) is 1. The highest BCUT2D eigenvalue weighted by molar-refractivity contribution is 6.43. The average molecular weight is 462 g/mol. The van der Waals surface area contributed by atoms with Crippen molar-refractivity contribution >= 4 is 17.2 Å². The molecule has 34 heavy (non-hydrogen) atoms. The van der Waals surface area contributed by atoms with Crippen LogP contribution in [0.5, 0.6) is 0 Å². The number of nitrogens with one attached hydrogen (secondary N) is 1. The van der Waals surface area contributed by atoms with Gasteiger partial charge in [0.2, 0.25) is 0 Å². The quantitative estimate of drug-likeness (QED) is 0.497. The minimum atomic E-state index is -0.0978. The molecule has 1 aromatic carbocycles. The summed E-state index contributed by atoms with van der Waals surface area (Å²) in [5.74, 6) is 0.771. The van der Waals surface area contributed by atoms with Gasteiger partial charge in [-0.15, -0.1) is 0 Å². The molecule has 3 fully saturated rings. The Labute approximate surface area is 202 Å². The second-order valence-corrected chi connectivity index (χ2v) is 10.4. The zero-order valence-electron chi connectivity index (χ0n) is 20.7. The Morgan fingerprint density at radius 2 is 1.94 bits per heavy atom. The van der Waals surface area contributed by atoms with E-state index >= 15 is 4.39 Å². The van der Waals surface area contributed by atoms with Crippen LogP contribution in [0.2, 0.25) is 0 Å². The van der Waals surface area contributed by atoms with Crippen LogP contribution >= 0.6 is 0 Å². The van der Waals surface area contributed by atoms with Crippen LogP contribution in [0.4, 0.5) is 4.39 Å². The molecule has 0 bridgehead atoms. The summed E-state index contributed by atoms with van der Waals surface area (Å²) in [7, 11) is 1.92. The monoisotopic (exact) mass is 461 g/mol. The summed E-state index contributed by atoms with van der Waals surface area (Å²) < 4.78 is 15.2. The van der Waals surface area contributed by atoms with Gasteiger partial charge in [0.25, 0.3) is 5.91 Å². The Bertz CT molecular complexity index is 1100. The molecule has 180 valence electrons. The van der Waals surface area contributed by atoms with E-state index in [-0.39, 0.29) is 17.8 Å². The minimum Gasteiger partial charge on any atom is -0.391 e. The fourth-order valence-electron chi connectivity index (χ4n) is 5.21. The molecule has 1 aliphatic heterocycles. The number of benzene rings is 1. The zero-order valence-corrected chi connectivity index (χ0v) is 20.7. The second kappa shape index (κ2) is 9.52. The van der Waals surface area contributed by atoms with Crippen molar-refractivity contribution in [3.05, 3.63) is 64.3 Å². The smallest absolute Gasteiger partial charge is 0.272 e. The minimum absolute atomic E-state index is 0.00635. The van der Waals surface area contributed by atoms with Gasteiger partial charge in [0, 0.05) is 30.9 Å². The fraction of sp³-hybridized carbons (Fsp3) is 0.517. The summed E-state index contributed by atoms with van der Waals surface area (Å²) in [5.41, 5.74) is 5.68. The molecule has 1 saturated heterocycles. The Hall–Kier alpha value is -2.69. The molecule has 5 rings (SSSR count). The van der Waals surface area contributed by atoms with Gasteiger partial charge in [0.15, 0.2) is 0 Å². The van der Waals surface area contributed by atoms with Crippen molar-refractivity contribution in [2.75, 3.05) is 13.6 Å². The molecule has 0 radical (unpaired) electrons. The van der Waals surface area contributed by atoms with Gasteiger partial charge in [0.1, 0.15) is 11.5 Å². The first-order valence-corrected chi connectivity index (χ1v) is 13.0. The van der Waals surface area contributed by atoms with Crippen molar-refractivity contribution in [2.45, 2.75) is 77.2 Å². The summed E-state index contributed by atoms with van der Waals surface area (Å²) in [6, 6.07) is 5.94. The number of hydrogen-bond acceptors (Lipinski definition) is 3. The van der Waals surface area contributed by atoms with Crippen LogP contribution in [0.1, 0.15) is 82.3 Å². The normalized spacial score (nSPS) is 23.9. The van der Waals surface area contributed by atoms with Crippen LogP contribution < -0.4 is 5.32 Å². The van der Waals surface area contributed by atoms with E-state index in [9.17, 15) is 4.79 Å². The van der Waals surface area contributed by atoms with E-state index in [1.54, 1.807) is 0 Å². The maximum atomic E-state index is 15.2. The molecule has 0 aromatic heterocycles. The van der Waals surface area contributed by atoms with Gasteiger partial charge in [-0.3, -0.25) is 4.79 Å². The Balaban J connectivity index is 1.45. The van der Waals surface area contributed by atoms with Gasteiger partial charge in [0.05, 0.1) is 5.70 Å². The van der Waals surface area contributed by atoms with Crippen LogP contribution in [-0.4, -0.2) is 36.2 Å². The lowest BCUT2D eigenvalue weighted by atomic mass is 9.88. The highest BCUT2D eigenvalue weighted by Crippen LogP contribution is 2.44. The van der Waals surface area contributed by atoms with Crippen LogP contribution in [0, 0.1) is 11.7 Å². The number of amides is 1. The molecule has 3 aliphatic carbocycles. The summed E-state index contributed by atoms with van der Waals surface area (Å²) in [4.78, 5) is 20.6. The fourth-order valence-corrected chi connectivity index (χ4v) is 5.21. The number of allylic oxidation sites excluding steroid dienone is 4. The molecule has 1 heterocycles. The third-order valence-electron chi connectivity index (χ3n) is 7.78. The van der Waals surface area contributed by atoms with Gasteiger partial charge >= 0.3 is 0 Å². The Morgan fingerprint density at radius 1 is 1.15 bits per heavy atom. The van der Waals surface area contributed by atoms with Crippen molar-refractivity contribution in [2.24, 2.45) is 10.9 Å². The molecule has 1 unspecified atom stereocenters. The van der Waals surface area contributed by atoms with Crippen molar-refractivity contribution in [3.63, 3.8) is 0 Å². The van der Waals surface area contributed by atoms with Crippen molar-refractivity contribution in [1.29, 1.82) is 0 Å². The topological polar surface area (TPSA) is 44.7 Å². The van der Waals surface area contributed by atoms with E-state index in [0.717, 1.165) is 73.2 Å². The SMILES string of the molecule is CN/C(=C\C(=N/C1=CC(c2cccc(C3CC3)c2F)=C1C)C(=O)N1CCCCCC1C)C1CC1. The van der Waals surface area contributed by atoms with E-state index in [1.807, 2.05) is 49.2 Å². The molecule has 1 N–H and O–H groups in total. The standard InChI is InChI=1S/C29H36FN3O/c1-18-8-5-4-6-15-33(18)29(34)27(17-26(31-3)21-13-14-21)32-25-16-24(19(25)2)23-10-7-9-22(28(23)30)20-11-12-20/h7,9-10,16-18,20-21,31H,4-6,8,11-15H2,1-3H3/b26-17-,32-27+. The van der Waals surface area contributed by atoms with Gasteiger partial charge in [-0.2, -0.15) is 0 Å². The average Bonchev–Trinajstić information content (AvgIpc) is 3.71. The van der Waals surface area contributed by atoms with Crippen molar-refractivity contribution in [1.82, 2.24) is 10.2 Å². The van der Waals surface area contributed by atoms with Gasteiger partial charge < -0.3 is 10.2 Å². The van der Waals surface area contributed by atoms with E-state index in [2.05, 4.69) is 12.2 Å². The number of rotatable bonds is 7. The molecular formula is C29H36FN3O. The highest BCUT2D eigenvalue weighted by Gasteiger charge is 2.31. The lowest BCUT2D eigenvalue weighted by Crippen LogP contribution is -2.42. The van der Waals surface area contributed by atoms with Crippen LogP contribution in [0.3, 0.4) is 0 Å². The zero-order chi connectivity index (χ0) is 23.8. The molecule has 2 saturated carbocycles. The van der Waals surface area contributed by atoms with E-state index in [4.69, 9.17) is 4.99 Å². The molecule has 1 aromatic rings. The largest absolute Gasteiger partial charge is 0.391 e. The van der Waals surface area contributed by atoms with Crippen molar-refractivity contribution < 1.29 is 9.18 Å². The maximum absolute atomic E-state index is 15.2. The first-order valence-electron chi connectivity index (χ1n) is 13.0. The molecular weight excluding hydrogens is 425 g/mol. The third kappa shape index (κ3) is 4.62. The number of likely N-dealkylation sites (tertiary alicyclic amines) is 1. The molecule has 0 spiro atoms. The second-order valence-electron chi connectivity index (χ2n) is 10.4. The Morgan fingerprint density at radius 3 is 2.62 bits per heavy atom. The number of carbonyl (C=O) groups excluding carboxylic acids is 1. The lowest BCUT2D eigenvalue weighted by Gasteiger charge is -2.28. The van der Waals surface area contributed by atoms with Crippen molar-refractivity contribution in [3.8, 4) is 0 Å². The predicted molar refractivity (Wildman–Crippen MR) is 136 cm³/mol. The van der Waals surface area contributed by atoms with E-state index in [1.165, 1.54) is 12.8 Å². The summed E-state index contributed by atoms with van der Waals surface area (Å²) >= 11 is 0. The number of halogens is 1. The molecule has 4 nitrogen and oxygen atoms in total. The van der Waals surface area contributed by atoms with Crippen LogP contribution in [0.25, 0.3) is 5.57 Å². The maximum Gasteiger partial charge on any atom is 0.272 e. The van der Waals surface area contributed by atoms with Gasteiger partial charge in [-0.05, 0) is 93.1 Å². The predicted octanol–water partition coefficient (Wildman–Crippen LogP) is 6.12. The first kappa shape index (κ1) is 23.1. The number of carbonyl (C=O) groups is 1. The van der Waals surface area contributed by atoms with Crippen LogP contribution in [-0.2, 0) is 4.79 Å². The first-order chi connectivity index (χ1) is 16.5. The highest BCUT2D eigenvalue weighted by atomic mass is 19.1. The molecule has 1 atom stereocenters. The molecule has 4 aliphatic rings. The number of nitrogens with zero attached hydrogens (tertiary/aromatic N) is 2.